The third-order valence-electron chi connectivity index (χ3n) is 3.31. The summed E-state index contributed by atoms with van der Waals surface area (Å²) >= 11 is 0. The minimum Gasteiger partial charge on any atom is -0.491 e. The number of anilines is 1. The Kier molecular flexibility index (Phi) is 7.13. The highest BCUT2D eigenvalue weighted by Crippen LogP contribution is 2.13. The van der Waals surface area contributed by atoms with Gasteiger partial charge in [0.1, 0.15) is 19.0 Å². The zero-order valence-corrected chi connectivity index (χ0v) is 14.1. The fourth-order valence-electron chi connectivity index (χ4n) is 2.00. The first-order chi connectivity index (χ1) is 11.7. The Morgan fingerprint density at radius 2 is 1.42 bits per heavy atom. The lowest BCUT2D eigenvalue weighted by Crippen LogP contribution is -2.08. The molecule has 24 heavy (non-hydrogen) atoms. The van der Waals surface area contributed by atoms with E-state index < -0.39 is 6.67 Å². The Morgan fingerprint density at radius 1 is 0.833 bits per heavy atom. The maximum atomic E-state index is 11.9. The van der Waals surface area contributed by atoms with Crippen LogP contribution in [0, 0.1) is 11.8 Å². The van der Waals surface area contributed by atoms with Crippen LogP contribution in [-0.4, -0.2) is 40.6 Å². The topological polar surface area (TPSA) is 21.7 Å². The molecule has 0 aliphatic rings. The van der Waals surface area contributed by atoms with Crippen LogP contribution in [-0.2, 0) is 4.74 Å². The van der Waals surface area contributed by atoms with Gasteiger partial charge in [-0.1, -0.05) is 11.8 Å². The van der Waals surface area contributed by atoms with Crippen LogP contribution in [0.15, 0.2) is 48.5 Å². The summed E-state index contributed by atoms with van der Waals surface area (Å²) in [4.78, 5) is 2.05. The van der Waals surface area contributed by atoms with E-state index in [0.29, 0.717) is 13.2 Å². The Morgan fingerprint density at radius 3 is 1.96 bits per heavy atom. The van der Waals surface area contributed by atoms with Crippen molar-refractivity contribution in [1.29, 1.82) is 0 Å². The van der Waals surface area contributed by atoms with Crippen molar-refractivity contribution >= 4 is 5.69 Å². The van der Waals surface area contributed by atoms with Crippen LogP contribution in [0.25, 0.3) is 0 Å². The highest BCUT2D eigenvalue weighted by Gasteiger charge is 1.96. The summed E-state index contributed by atoms with van der Waals surface area (Å²) in [6, 6.07) is 15.7. The lowest BCUT2D eigenvalue weighted by molar-refractivity contribution is 0.0897. The predicted octanol–water partition coefficient (Wildman–Crippen LogP) is 3.52. The zero-order valence-electron chi connectivity index (χ0n) is 14.1. The highest BCUT2D eigenvalue weighted by molar-refractivity contribution is 5.51. The van der Waals surface area contributed by atoms with E-state index in [2.05, 4.69) is 16.7 Å². The van der Waals surface area contributed by atoms with E-state index in [1.807, 2.05) is 62.6 Å². The molecule has 3 nitrogen and oxygen atoms in total. The Bertz CT molecular complexity index is 670. The monoisotopic (exact) mass is 326 g/mol. The summed E-state index contributed by atoms with van der Waals surface area (Å²) < 4.78 is 22.4. The van der Waals surface area contributed by atoms with Gasteiger partial charge in [-0.25, -0.2) is 4.39 Å². The van der Waals surface area contributed by atoms with Gasteiger partial charge in [-0.3, -0.25) is 0 Å². The van der Waals surface area contributed by atoms with E-state index in [4.69, 9.17) is 9.47 Å². The van der Waals surface area contributed by atoms with Gasteiger partial charge in [0, 0.05) is 30.9 Å². The SMILES string of the molecule is CN(C)c1ccc(C#Cc2ccc(OCCOCC[18F])cc2)cc1. The summed E-state index contributed by atoms with van der Waals surface area (Å²) in [5, 5.41) is 0. The minimum absolute atomic E-state index is 0.118. The first-order valence-electron chi connectivity index (χ1n) is 7.85. The first kappa shape index (κ1) is 17.8. The number of ether oxygens (including phenoxy) is 2. The second kappa shape index (κ2) is 9.59. The molecule has 0 unspecified atom stereocenters. The van der Waals surface area contributed by atoms with Crippen LogP contribution in [0.2, 0.25) is 0 Å². The molecule has 2 rings (SSSR count). The third kappa shape index (κ3) is 5.94. The molecular formula is C20H22FNO2. The normalized spacial score (nSPS) is 9.96. The second-order valence-corrected chi connectivity index (χ2v) is 5.37. The Labute approximate surface area is 143 Å². The van der Waals surface area contributed by atoms with Crippen molar-refractivity contribution in [2.45, 2.75) is 0 Å². The molecule has 0 N–H and O–H groups in total. The number of hydrogen-bond donors (Lipinski definition) is 0. The van der Waals surface area contributed by atoms with Crippen molar-refractivity contribution in [3.8, 4) is 17.6 Å². The van der Waals surface area contributed by atoms with Crippen molar-refractivity contribution in [3.05, 3.63) is 59.7 Å². The van der Waals surface area contributed by atoms with E-state index in [1.165, 1.54) is 0 Å². The molecule has 0 atom stereocenters. The molecule has 0 aromatic heterocycles. The molecule has 0 aliphatic carbocycles. The van der Waals surface area contributed by atoms with Crippen molar-refractivity contribution in [1.82, 2.24) is 0 Å². The van der Waals surface area contributed by atoms with Crippen LogP contribution in [0.3, 0.4) is 0 Å². The predicted molar refractivity (Wildman–Crippen MR) is 95.5 cm³/mol. The standard InChI is InChI=1S/C20H22FNO2/c1-22(2)19-9-5-17(6-10-19)3-4-18-7-11-20(12-8-18)24-16-15-23-14-13-21/h5-12H,13-16H2,1-2H3/i21-1. The van der Waals surface area contributed by atoms with Gasteiger partial charge in [-0.05, 0) is 48.5 Å². The van der Waals surface area contributed by atoms with E-state index >= 15 is 0 Å². The molecular weight excluding hydrogens is 304 g/mol. The Hall–Kier alpha value is -2.51. The average Bonchev–Trinajstić information content (AvgIpc) is 2.61. The number of nitrogens with zero attached hydrogens (tertiary/aromatic N) is 1. The highest BCUT2D eigenvalue weighted by atomic mass is 18.2. The molecule has 2 aromatic rings. The lowest BCUT2D eigenvalue weighted by Gasteiger charge is -2.11. The molecule has 0 fully saturated rings. The van der Waals surface area contributed by atoms with Gasteiger partial charge < -0.3 is 14.4 Å². The van der Waals surface area contributed by atoms with Gasteiger partial charge in [0.15, 0.2) is 0 Å². The molecule has 4 heteroatoms. The van der Waals surface area contributed by atoms with Gasteiger partial charge in [-0.2, -0.15) is 0 Å². The van der Waals surface area contributed by atoms with Crippen LogP contribution >= 0.6 is 0 Å². The van der Waals surface area contributed by atoms with Crippen LogP contribution < -0.4 is 9.64 Å². The number of rotatable bonds is 7. The van der Waals surface area contributed by atoms with E-state index in [0.717, 1.165) is 22.6 Å². The van der Waals surface area contributed by atoms with Crippen LogP contribution in [0.1, 0.15) is 11.1 Å². The van der Waals surface area contributed by atoms with Crippen molar-refractivity contribution < 1.29 is 13.9 Å². The lowest BCUT2D eigenvalue weighted by atomic mass is 10.1. The summed E-state index contributed by atoms with van der Waals surface area (Å²) in [6.45, 7) is 0.441. The number of benzene rings is 2. The molecule has 0 spiro atoms. The summed E-state index contributed by atoms with van der Waals surface area (Å²) in [5.41, 5.74) is 3.05. The van der Waals surface area contributed by atoms with Gasteiger partial charge >= 0.3 is 0 Å². The fraction of sp³-hybridized carbons (Fsp3) is 0.300. The molecule has 0 bridgehead atoms. The average molecular weight is 326 g/mol. The molecule has 126 valence electrons. The number of alkyl halides is 1. The summed E-state index contributed by atoms with van der Waals surface area (Å²) in [5.74, 6) is 7.03. The largest absolute Gasteiger partial charge is 0.491 e. The third-order valence-corrected chi connectivity index (χ3v) is 3.31. The molecule has 2 aromatic carbocycles. The van der Waals surface area contributed by atoms with Crippen LogP contribution in [0.4, 0.5) is 10.1 Å². The first-order valence-corrected chi connectivity index (χ1v) is 7.85. The van der Waals surface area contributed by atoms with E-state index in [9.17, 15) is 4.39 Å². The number of hydrogen-bond acceptors (Lipinski definition) is 3. The van der Waals surface area contributed by atoms with Crippen molar-refractivity contribution in [3.63, 3.8) is 0 Å². The van der Waals surface area contributed by atoms with E-state index in [1.54, 1.807) is 0 Å². The maximum absolute atomic E-state index is 11.9. The molecule has 0 aliphatic heterocycles. The molecule has 0 amide bonds. The quantitative estimate of drug-likeness (QED) is 0.574. The minimum atomic E-state index is -0.467. The zero-order chi connectivity index (χ0) is 17.2. The maximum Gasteiger partial charge on any atom is 0.119 e. The molecule has 0 saturated carbocycles. The van der Waals surface area contributed by atoms with Gasteiger partial charge in [0.25, 0.3) is 0 Å². The second-order valence-electron chi connectivity index (χ2n) is 5.37. The smallest absolute Gasteiger partial charge is 0.119 e. The van der Waals surface area contributed by atoms with Crippen molar-refractivity contribution in [2.24, 2.45) is 0 Å². The molecule has 0 heterocycles. The number of halogens is 1. The van der Waals surface area contributed by atoms with Gasteiger partial charge in [0.2, 0.25) is 0 Å². The fourth-order valence-corrected chi connectivity index (χ4v) is 2.00. The summed E-state index contributed by atoms with van der Waals surface area (Å²) in [7, 11) is 4.02. The summed E-state index contributed by atoms with van der Waals surface area (Å²) in [6.07, 6.45) is 0. The Balaban J connectivity index is 1.87. The van der Waals surface area contributed by atoms with Gasteiger partial charge in [-0.15, -0.1) is 0 Å². The molecule has 0 radical (unpaired) electrons. The molecule has 0 saturated heterocycles. The van der Waals surface area contributed by atoms with E-state index in [-0.39, 0.29) is 6.61 Å². The van der Waals surface area contributed by atoms with Crippen molar-refractivity contribution in [2.75, 3.05) is 45.5 Å². The van der Waals surface area contributed by atoms with Crippen LogP contribution in [0.5, 0.6) is 5.75 Å². The van der Waals surface area contributed by atoms with Gasteiger partial charge in [0.05, 0.1) is 13.2 Å².